The van der Waals surface area contributed by atoms with Gasteiger partial charge >= 0.3 is 0 Å². The molecule has 68 valence electrons. The Morgan fingerprint density at radius 3 is 2.69 bits per heavy atom. The number of aldehydes is 1. The van der Waals surface area contributed by atoms with Crippen LogP contribution in [0.5, 0.6) is 5.75 Å². The molecule has 4 heteroatoms. The molecular formula is C9H9NO3. The van der Waals surface area contributed by atoms with E-state index in [2.05, 4.69) is 5.32 Å². The molecule has 0 heterocycles. The fraction of sp³-hybridized carbons (Fsp3) is 0.111. The van der Waals surface area contributed by atoms with Crippen LogP contribution in [0, 0.1) is 0 Å². The molecule has 0 radical (unpaired) electrons. The lowest BCUT2D eigenvalue weighted by molar-refractivity contribution is -0.114. The van der Waals surface area contributed by atoms with Crippen LogP contribution in [-0.2, 0) is 4.79 Å². The van der Waals surface area contributed by atoms with Crippen LogP contribution in [-0.4, -0.2) is 17.3 Å². The number of hydrogen-bond acceptors (Lipinski definition) is 3. The van der Waals surface area contributed by atoms with Gasteiger partial charge in [-0.25, -0.2) is 0 Å². The lowest BCUT2D eigenvalue weighted by atomic mass is 10.2. The van der Waals surface area contributed by atoms with Crippen molar-refractivity contribution in [2.45, 2.75) is 6.92 Å². The van der Waals surface area contributed by atoms with Crippen LogP contribution in [0.4, 0.5) is 5.69 Å². The van der Waals surface area contributed by atoms with E-state index in [-0.39, 0.29) is 17.2 Å². The van der Waals surface area contributed by atoms with Crippen molar-refractivity contribution in [3.8, 4) is 5.75 Å². The molecule has 0 saturated carbocycles. The first-order chi connectivity index (χ1) is 6.13. The molecule has 13 heavy (non-hydrogen) atoms. The van der Waals surface area contributed by atoms with Crippen LogP contribution in [0.15, 0.2) is 18.2 Å². The fourth-order valence-corrected chi connectivity index (χ4v) is 0.924. The second-order valence-electron chi connectivity index (χ2n) is 2.57. The van der Waals surface area contributed by atoms with Gasteiger partial charge in [-0.2, -0.15) is 0 Å². The van der Waals surface area contributed by atoms with E-state index >= 15 is 0 Å². The second kappa shape index (κ2) is 3.71. The van der Waals surface area contributed by atoms with E-state index in [1.54, 1.807) is 6.07 Å². The minimum Gasteiger partial charge on any atom is -0.507 e. The largest absolute Gasteiger partial charge is 0.507 e. The Morgan fingerprint density at radius 1 is 1.54 bits per heavy atom. The minimum absolute atomic E-state index is 0.138. The molecule has 0 atom stereocenters. The summed E-state index contributed by atoms with van der Waals surface area (Å²) >= 11 is 0. The van der Waals surface area contributed by atoms with Gasteiger partial charge in [0.05, 0.1) is 5.56 Å². The third-order valence-electron chi connectivity index (χ3n) is 1.48. The maximum absolute atomic E-state index is 10.6. The molecule has 1 rings (SSSR count). The number of rotatable bonds is 2. The number of hydrogen-bond donors (Lipinski definition) is 2. The zero-order valence-electron chi connectivity index (χ0n) is 7.07. The predicted octanol–water partition coefficient (Wildman–Crippen LogP) is 1.16. The summed E-state index contributed by atoms with van der Waals surface area (Å²) in [6.07, 6.45) is 0.548. The number of carbonyl (C=O) groups is 2. The highest BCUT2D eigenvalue weighted by atomic mass is 16.3. The van der Waals surface area contributed by atoms with Gasteiger partial charge in [-0.1, -0.05) is 0 Å². The van der Waals surface area contributed by atoms with Crippen molar-refractivity contribution in [1.29, 1.82) is 0 Å². The lowest BCUT2D eigenvalue weighted by Crippen LogP contribution is -2.05. The van der Waals surface area contributed by atoms with Gasteiger partial charge in [0.15, 0.2) is 6.29 Å². The molecule has 0 saturated heterocycles. The summed E-state index contributed by atoms with van der Waals surface area (Å²) in [5.41, 5.74) is 0.671. The summed E-state index contributed by atoms with van der Waals surface area (Å²) in [5.74, 6) is -0.362. The van der Waals surface area contributed by atoms with Crippen molar-refractivity contribution >= 4 is 17.9 Å². The van der Waals surface area contributed by atoms with Crippen molar-refractivity contribution in [3.63, 3.8) is 0 Å². The molecule has 0 aliphatic rings. The Balaban J connectivity index is 2.95. The molecule has 1 amide bonds. The van der Waals surface area contributed by atoms with E-state index in [0.717, 1.165) is 0 Å². The Labute approximate surface area is 75.2 Å². The monoisotopic (exact) mass is 179 g/mol. The molecule has 0 aliphatic carbocycles. The van der Waals surface area contributed by atoms with Crippen molar-refractivity contribution in [3.05, 3.63) is 23.8 Å². The summed E-state index contributed by atoms with van der Waals surface area (Å²) < 4.78 is 0. The third-order valence-corrected chi connectivity index (χ3v) is 1.48. The van der Waals surface area contributed by atoms with Gasteiger partial charge in [0, 0.05) is 18.7 Å². The summed E-state index contributed by atoms with van der Waals surface area (Å²) in [5, 5.41) is 11.7. The first-order valence-corrected chi connectivity index (χ1v) is 3.69. The van der Waals surface area contributed by atoms with Crippen molar-refractivity contribution in [2.24, 2.45) is 0 Å². The van der Waals surface area contributed by atoms with Gasteiger partial charge in [-0.05, 0) is 12.1 Å². The topological polar surface area (TPSA) is 66.4 Å². The minimum atomic E-state index is -0.224. The number of benzene rings is 1. The molecular weight excluding hydrogens is 170 g/mol. The molecule has 0 bridgehead atoms. The Hall–Kier alpha value is -1.84. The highest BCUT2D eigenvalue weighted by Gasteiger charge is 2.01. The van der Waals surface area contributed by atoms with Gasteiger partial charge in [0.25, 0.3) is 0 Å². The SMILES string of the molecule is CC(=O)Nc1ccc(C=O)c(O)c1. The molecule has 0 aliphatic heterocycles. The number of anilines is 1. The number of phenols is 1. The molecule has 0 unspecified atom stereocenters. The van der Waals surface area contributed by atoms with E-state index in [1.165, 1.54) is 19.1 Å². The molecule has 1 aromatic rings. The average Bonchev–Trinajstić information content (AvgIpc) is 2.03. The number of phenolic OH excluding ortho intramolecular Hbond substituents is 1. The van der Waals surface area contributed by atoms with Crippen molar-refractivity contribution in [2.75, 3.05) is 5.32 Å². The van der Waals surface area contributed by atoms with Crippen LogP contribution in [0.3, 0.4) is 0 Å². The van der Waals surface area contributed by atoms with Crippen LogP contribution in [0.2, 0.25) is 0 Å². The number of nitrogens with one attached hydrogen (secondary N) is 1. The van der Waals surface area contributed by atoms with Gasteiger partial charge in [0.2, 0.25) is 5.91 Å². The highest BCUT2D eigenvalue weighted by molar-refractivity contribution is 5.90. The molecule has 2 N–H and O–H groups in total. The van der Waals surface area contributed by atoms with Gasteiger partial charge < -0.3 is 10.4 Å². The standard InChI is InChI=1S/C9H9NO3/c1-6(12)10-8-3-2-7(5-11)9(13)4-8/h2-5,13H,1H3,(H,10,12). The van der Waals surface area contributed by atoms with E-state index in [1.807, 2.05) is 0 Å². The van der Waals surface area contributed by atoms with E-state index in [0.29, 0.717) is 12.0 Å². The van der Waals surface area contributed by atoms with Crippen LogP contribution >= 0.6 is 0 Å². The zero-order chi connectivity index (χ0) is 9.84. The van der Waals surface area contributed by atoms with E-state index in [4.69, 9.17) is 0 Å². The summed E-state index contributed by atoms with van der Waals surface area (Å²) in [4.78, 5) is 20.9. The lowest BCUT2D eigenvalue weighted by Gasteiger charge is -2.03. The predicted molar refractivity (Wildman–Crippen MR) is 47.8 cm³/mol. The van der Waals surface area contributed by atoms with E-state index < -0.39 is 0 Å². The van der Waals surface area contributed by atoms with Gasteiger partial charge in [-0.3, -0.25) is 9.59 Å². The first-order valence-electron chi connectivity index (χ1n) is 3.69. The molecule has 4 nitrogen and oxygen atoms in total. The zero-order valence-corrected chi connectivity index (χ0v) is 7.07. The van der Waals surface area contributed by atoms with Crippen molar-refractivity contribution < 1.29 is 14.7 Å². The summed E-state index contributed by atoms with van der Waals surface area (Å²) in [6, 6.07) is 4.31. The second-order valence-corrected chi connectivity index (χ2v) is 2.57. The van der Waals surface area contributed by atoms with Gasteiger partial charge in [0.1, 0.15) is 5.75 Å². The van der Waals surface area contributed by atoms with Gasteiger partial charge in [-0.15, -0.1) is 0 Å². The van der Waals surface area contributed by atoms with Crippen LogP contribution < -0.4 is 5.32 Å². The summed E-state index contributed by atoms with van der Waals surface area (Å²) in [7, 11) is 0. The number of amides is 1. The normalized spacial score (nSPS) is 9.31. The number of carbonyl (C=O) groups excluding carboxylic acids is 2. The molecule has 1 aromatic carbocycles. The Morgan fingerprint density at radius 2 is 2.23 bits per heavy atom. The maximum Gasteiger partial charge on any atom is 0.221 e. The van der Waals surface area contributed by atoms with Crippen molar-refractivity contribution in [1.82, 2.24) is 0 Å². The quantitative estimate of drug-likeness (QED) is 0.669. The van der Waals surface area contributed by atoms with Crippen LogP contribution in [0.1, 0.15) is 17.3 Å². The third kappa shape index (κ3) is 2.30. The Kier molecular flexibility index (Phi) is 2.64. The van der Waals surface area contributed by atoms with Crippen LogP contribution in [0.25, 0.3) is 0 Å². The molecule has 0 fully saturated rings. The first kappa shape index (κ1) is 9.25. The summed E-state index contributed by atoms with van der Waals surface area (Å²) in [6.45, 7) is 1.37. The maximum atomic E-state index is 10.6. The van der Waals surface area contributed by atoms with E-state index in [9.17, 15) is 14.7 Å². The smallest absolute Gasteiger partial charge is 0.221 e. The molecule has 0 spiro atoms. The highest BCUT2D eigenvalue weighted by Crippen LogP contribution is 2.19. The number of aromatic hydroxyl groups is 1. The molecule has 0 aromatic heterocycles. The fourth-order valence-electron chi connectivity index (χ4n) is 0.924. The average molecular weight is 179 g/mol. The Bertz CT molecular complexity index is 347.